The molecule has 0 saturated heterocycles. The second-order valence-electron chi connectivity index (χ2n) is 3.92. The first-order valence-electron chi connectivity index (χ1n) is 5.46. The monoisotopic (exact) mass is 323 g/mol. The number of nitrogens with two attached hydrogens (primary N) is 1. The summed E-state index contributed by atoms with van der Waals surface area (Å²) in [5.41, 5.74) is 6.90. The van der Waals surface area contributed by atoms with Crippen LogP contribution in [-0.2, 0) is 0 Å². The van der Waals surface area contributed by atoms with Gasteiger partial charge in [-0.15, -0.1) is 0 Å². The van der Waals surface area contributed by atoms with Gasteiger partial charge in [0.2, 0.25) is 0 Å². The Morgan fingerprint density at radius 1 is 1.26 bits per heavy atom. The molecule has 0 aromatic heterocycles. The SMILES string of the molecule is COc1cc(N)ccc1C(=O)c1ccc(F)c(Br)c1. The average Bonchev–Trinajstić information content (AvgIpc) is 2.41. The maximum atomic E-state index is 13.2. The van der Waals surface area contributed by atoms with Crippen LogP contribution in [-0.4, -0.2) is 12.9 Å². The number of halogens is 2. The number of carbonyl (C=O) groups is 1. The molecule has 0 aliphatic rings. The van der Waals surface area contributed by atoms with Crippen molar-refractivity contribution in [1.29, 1.82) is 0 Å². The molecule has 0 heterocycles. The van der Waals surface area contributed by atoms with Gasteiger partial charge in [-0.25, -0.2) is 4.39 Å². The molecule has 0 unspecified atom stereocenters. The number of nitrogen functional groups attached to an aromatic ring is 1. The summed E-state index contributed by atoms with van der Waals surface area (Å²) >= 11 is 3.06. The molecule has 19 heavy (non-hydrogen) atoms. The van der Waals surface area contributed by atoms with Crippen molar-refractivity contribution in [2.75, 3.05) is 12.8 Å². The Morgan fingerprint density at radius 2 is 2.00 bits per heavy atom. The smallest absolute Gasteiger partial charge is 0.196 e. The summed E-state index contributed by atoms with van der Waals surface area (Å²) in [4.78, 5) is 12.3. The summed E-state index contributed by atoms with van der Waals surface area (Å²) in [7, 11) is 1.46. The van der Waals surface area contributed by atoms with E-state index in [-0.39, 0.29) is 10.3 Å². The summed E-state index contributed by atoms with van der Waals surface area (Å²) in [5, 5.41) is 0. The van der Waals surface area contributed by atoms with Gasteiger partial charge in [-0.3, -0.25) is 4.79 Å². The highest BCUT2D eigenvalue weighted by atomic mass is 79.9. The highest BCUT2D eigenvalue weighted by Crippen LogP contribution is 2.26. The zero-order chi connectivity index (χ0) is 14.0. The highest BCUT2D eigenvalue weighted by molar-refractivity contribution is 9.10. The van der Waals surface area contributed by atoms with Crippen LogP contribution in [0, 0.1) is 5.82 Å². The Labute approximate surface area is 118 Å². The fourth-order valence-electron chi connectivity index (χ4n) is 1.69. The van der Waals surface area contributed by atoms with E-state index in [0.29, 0.717) is 22.6 Å². The fourth-order valence-corrected chi connectivity index (χ4v) is 2.07. The molecule has 0 amide bonds. The number of carbonyl (C=O) groups excluding carboxylic acids is 1. The van der Waals surface area contributed by atoms with Crippen molar-refractivity contribution in [1.82, 2.24) is 0 Å². The molecule has 0 fully saturated rings. The molecule has 0 aliphatic carbocycles. The zero-order valence-electron chi connectivity index (χ0n) is 10.1. The van der Waals surface area contributed by atoms with Gasteiger partial charge in [-0.2, -0.15) is 0 Å². The lowest BCUT2D eigenvalue weighted by atomic mass is 10.0. The number of benzene rings is 2. The molecule has 0 radical (unpaired) electrons. The van der Waals surface area contributed by atoms with Crippen LogP contribution in [0.2, 0.25) is 0 Å². The summed E-state index contributed by atoms with van der Waals surface area (Å²) in [6, 6.07) is 8.89. The summed E-state index contributed by atoms with van der Waals surface area (Å²) in [5.74, 6) is -0.274. The molecular formula is C14H11BrFNO2. The van der Waals surface area contributed by atoms with Crippen molar-refractivity contribution >= 4 is 27.4 Å². The standard InChI is InChI=1S/C14H11BrFNO2/c1-19-13-7-9(17)3-4-10(13)14(18)8-2-5-12(16)11(15)6-8/h2-7H,17H2,1H3. The number of ketones is 1. The van der Waals surface area contributed by atoms with Gasteiger partial charge in [-0.1, -0.05) is 0 Å². The predicted octanol–water partition coefficient (Wildman–Crippen LogP) is 3.41. The van der Waals surface area contributed by atoms with E-state index in [2.05, 4.69) is 15.9 Å². The van der Waals surface area contributed by atoms with Crippen molar-refractivity contribution in [3.8, 4) is 5.75 Å². The normalized spacial score (nSPS) is 10.3. The summed E-state index contributed by atoms with van der Waals surface area (Å²) in [6.45, 7) is 0. The quantitative estimate of drug-likeness (QED) is 0.695. The Balaban J connectivity index is 2.46. The fraction of sp³-hybridized carbons (Fsp3) is 0.0714. The molecular weight excluding hydrogens is 313 g/mol. The maximum absolute atomic E-state index is 13.2. The van der Waals surface area contributed by atoms with Crippen molar-refractivity contribution in [3.63, 3.8) is 0 Å². The first-order chi connectivity index (χ1) is 9.02. The van der Waals surface area contributed by atoms with Gasteiger partial charge in [0.05, 0.1) is 17.1 Å². The van der Waals surface area contributed by atoms with Gasteiger partial charge in [0.1, 0.15) is 11.6 Å². The molecule has 0 atom stereocenters. The first-order valence-corrected chi connectivity index (χ1v) is 6.25. The molecule has 2 N–H and O–H groups in total. The topological polar surface area (TPSA) is 52.3 Å². The number of hydrogen-bond donors (Lipinski definition) is 1. The van der Waals surface area contributed by atoms with Gasteiger partial charge >= 0.3 is 0 Å². The lowest BCUT2D eigenvalue weighted by Crippen LogP contribution is -2.05. The minimum Gasteiger partial charge on any atom is -0.496 e. The van der Waals surface area contributed by atoms with Gasteiger partial charge < -0.3 is 10.5 Å². The minimum absolute atomic E-state index is 0.243. The van der Waals surface area contributed by atoms with E-state index >= 15 is 0 Å². The van der Waals surface area contributed by atoms with Crippen LogP contribution in [0.4, 0.5) is 10.1 Å². The molecule has 2 rings (SSSR count). The molecule has 0 bridgehead atoms. The second kappa shape index (κ2) is 5.40. The summed E-state index contributed by atoms with van der Waals surface area (Å²) < 4.78 is 18.5. The van der Waals surface area contributed by atoms with E-state index in [0.717, 1.165) is 0 Å². The van der Waals surface area contributed by atoms with Crippen LogP contribution in [0.5, 0.6) is 5.75 Å². The average molecular weight is 324 g/mol. The van der Waals surface area contributed by atoms with E-state index in [1.807, 2.05) is 0 Å². The first kappa shape index (κ1) is 13.5. The molecule has 98 valence electrons. The molecule has 2 aromatic carbocycles. The van der Waals surface area contributed by atoms with Crippen molar-refractivity contribution in [3.05, 3.63) is 57.8 Å². The number of ether oxygens (including phenoxy) is 1. The van der Waals surface area contributed by atoms with Crippen LogP contribution >= 0.6 is 15.9 Å². The van der Waals surface area contributed by atoms with Crippen molar-refractivity contribution in [2.24, 2.45) is 0 Å². The number of rotatable bonds is 3. The van der Waals surface area contributed by atoms with Crippen molar-refractivity contribution in [2.45, 2.75) is 0 Å². The van der Waals surface area contributed by atoms with E-state index in [1.165, 1.54) is 25.3 Å². The van der Waals surface area contributed by atoms with E-state index in [9.17, 15) is 9.18 Å². The lowest BCUT2D eigenvalue weighted by molar-refractivity contribution is 0.103. The Bertz CT molecular complexity index is 643. The Hall–Kier alpha value is -1.88. The molecule has 2 aromatic rings. The summed E-state index contributed by atoms with van der Waals surface area (Å²) in [6.07, 6.45) is 0. The van der Waals surface area contributed by atoms with E-state index in [1.54, 1.807) is 18.2 Å². The zero-order valence-corrected chi connectivity index (χ0v) is 11.7. The van der Waals surface area contributed by atoms with Crippen LogP contribution < -0.4 is 10.5 Å². The number of hydrogen-bond acceptors (Lipinski definition) is 3. The Kier molecular flexibility index (Phi) is 3.85. The van der Waals surface area contributed by atoms with Gasteiger partial charge in [0, 0.05) is 17.3 Å². The third kappa shape index (κ3) is 2.76. The van der Waals surface area contributed by atoms with E-state index in [4.69, 9.17) is 10.5 Å². The van der Waals surface area contributed by atoms with Crippen LogP contribution in [0.1, 0.15) is 15.9 Å². The molecule has 0 spiro atoms. The molecule has 3 nitrogen and oxygen atoms in total. The van der Waals surface area contributed by atoms with Crippen LogP contribution in [0.15, 0.2) is 40.9 Å². The highest BCUT2D eigenvalue weighted by Gasteiger charge is 2.15. The van der Waals surface area contributed by atoms with Crippen molar-refractivity contribution < 1.29 is 13.9 Å². The van der Waals surface area contributed by atoms with Crippen LogP contribution in [0.25, 0.3) is 0 Å². The maximum Gasteiger partial charge on any atom is 0.196 e. The van der Waals surface area contributed by atoms with Gasteiger partial charge in [-0.05, 0) is 46.3 Å². The lowest BCUT2D eigenvalue weighted by Gasteiger charge is -2.09. The largest absolute Gasteiger partial charge is 0.496 e. The van der Waals surface area contributed by atoms with Gasteiger partial charge in [0.25, 0.3) is 0 Å². The molecule has 5 heteroatoms. The number of anilines is 1. The number of methoxy groups -OCH3 is 1. The molecule has 0 saturated carbocycles. The third-order valence-corrected chi connectivity index (χ3v) is 3.26. The second-order valence-corrected chi connectivity index (χ2v) is 4.77. The molecule has 0 aliphatic heterocycles. The third-order valence-electron chi connectivity index (χ3n) is 2.65. The van der Waals surface area contributed by atoms with E-state index < -0.39 is 5.82 Å². The Morgan fingerprint density at radius 3 is 2.63 bits per heavy atom. The minimum atomic E-state index is -0.416. The predicted molar refractivity (Wildman–Crippen MR) is 74.9 cm³/mol. The van der Waals surface area contributed by atoms with Crippen LogP contribution in [0.3, 0.4) is 0 Å². The van der Waals surface area contributed by atoms with Gasteiger partial charge in [0.15, 0.2) is 5.78 Å².